The van der Waals surface area contributed by atoms with Crippen molar-refractivity contribution in [2.45, 2.75) is 6.18 Å². The molecular formula is C11H7ClF3NO2. The van der Waals surface area contributed by atoms with Crippen LogP contribution in [0.2, 0.25) is 0 Å². The number of halogens is 4. The average Bonchev–Trinajstić information content (AvgIpc) is 2.34. The molecule has 0 spiro atoms. The van der Waals surface area contributed by atoms with Gasteiger partial charge in [0.2, 0.25) is 0 Å². The van der Waals surface area contributed by atoms with E-state index in [1.165, 1.54) is 0 Å². The van der Waals surface area contributed by atoms with Gasteiger partial charge in [0.15, 0.2) is 5.78 Å². The zero-order chi connectivity index (χ0) is 13.9. The van der Waals surface area contributed by atoms with Crippen LogP contribution in [0, 0.1) is 11.3 Å². The Bertz CT molecular complexity index is 520. The topological polar surface area (TPSA) is 50.1 Å². The van der Waals surface area contributed by atoms with Gasteiger partial charge in [0.05, 0.1) is 18.6 Å². The minimum atomic E-state index is -4.64. The zero-order valence-electron chi connectivity index (χ0n) is 9.14. The molecule has 0 aliphatic rings. The fourth-order valence-corrected chi connectivity index (χ4v) is 1.49. The summed E-state index contributed by atoms with van der Waals surface area (Å²) in [6.07, 6.45) is -4.64. The van der Waals surface area contributed by atoms with Gasteiger partial charge in [0.1, 0.15) is 17.4 Å². The van der Waals surface area contributed by atoms with E-state index < -0.39 is 23.4 Å². The van der Waals surface area contributed by atoms with Crippen LogP contribution in [0.3, 0.4) is 0 Å². The Kier molecular flexibility index (Phi) is 4.19. The normalized spacial score (nSPS) is 10.9. The number of carbonyl (C=O) groups excluding carboxylic acids is 1. The highest BCUT2D eigenvalue weighted by Gasteiger charge is 2.33. The minimum Gasteiger partial charge on any atom is -0.495 e. The summed E-state index contributed by atoms with van der Waals surface area (Å²) in [7, 11) is 1.12. The maximum absolute atomic E-state index is 12.6. The summed E-state index contributed by atoms with van der Waals surface area (Å²) < 4.78 is 42.5. The van der Waals surface area contributed by atoms with Crippen molar-refractivity contribution in [3.05, 3.63) is 28.8 Å². The summed E-state index contributed by atoms with van der Waals surface area (Å²) >= 11 is 5.30. The van der Waals surface area contributed by atoms with E-state index in [-0.39, 0.29) is 16.9 Å². The summed E-state index contributed by atoms with van der Waals surface area (Å²) in [4.78, 5) is 11.4. The van der Waals surface area contributed by atoms with Gasteiger partial charge in [-0.3, -0.25) is 4.79 Å². The van der Waals surface area contributed by atoms with Crippen molar-refractivity contribution in [3.63, 3.8) is 0 Å². The number of alkyl halides is 4. The van der Waals surface area contributed by atoms with Gasteiger partial charge < -0.3 is 4.74 Å². The van der Waals surface area contributed by atoms with Gasteiger partial charge in [-0.1, -0.05) is 0 Å². The summed E-state index contributed by atoms with van der Waals surface area (Å²) in [5.74, 6) is -1.59. The number of methoxy groups -OCH3 is 1. The van der Waals surface area contributed by atoms with Crippen LogP contribution < -0.4 is 4.74 Å². The fraction of sp³-hybridized carbons (Fsp3) is 0.273. The van der Waals surface area contributed by atoms with Gasteiger partial charge in [-0.2, -0.15) is 18.4 Å². The van der Waals surface area contributed by atoms with Crippen molar-refractivity contribution < 1.29 is 22.7 Å². The van der Waals surface area contributed by atoms with Crippen LogP contribution in [0.1, 0.15) is 21.5 Å². The van der Waals surface area contributed by atoms with E-state index >= 15 is 0 Å². The second kappa shape index (κ2) is 5.27. The first-order valence-electron chi connectivity index (χ1n) is 4.63. The van der Waals surface area contributed by atoms with Crippen molar-refractivity contribution >= 4 is 17.4 Å². The molecule has 0 radical (unpaired) electrons. The molecular weight excluding hydrogens is 271 g/mol. The standard InChI is InChI=1S/C11H7ClF3NO2/c1-18-10-3-6(11(13,14)15)2-7(8(10)5-16)9(17)4-12/h2-3H,4H2,1H3. The van der Waals surface area contributed by atoms with E-state index in [4.69, 9.17) is 16.9 Å². The Balaban J connectivity index is 3.57. The van der Waals surface area contributed by atoms with Crippen molar-refractivity contribution in [2.75, 3.05) is 13.0 Å². The molecule has 1 aromatic rings. The van der Waals surface area contributed by atoms with Crippen molar-refractivity contribution in [3.8, 4) is 11.8 Å². The van der Waals surface area contributed by atoms with Crippen LogP contribution in [0.15, 0.2) is 12.1 Å². The lowest BCUT2D eigenvalue weighted by Gasteiger charge is -2.12. The smallest absolute Gasteiger partial charge is 0.416 e. The number of benzene rings is 1. The van der Waals surface area contributed by atoms with Crippen LogP contribution in [0.5, 0.6) is 5.75 Å². The third-order valence-electron chi connectivity index (χ3n) is 2.18. The zero-order valence-corrected chi connectivity index (χ0v) is 9.89. The quantitative estimate of drug-likeness (QED) is 0.630. The molecule has 0 bridgehead atoms. The molecule has 0 N–H and O–H groups in total. The number of carbonyl (C=O) groups is 1. The first-order chi connectivity index (χ1) is 8.35. The second-order valence-corrected chi connectivity index (χ2v) is 3.53. The Morgan fingerprint density at radius 1 is 1.50 bits per heavy atom. The summed E-state index contributed by atoms with van der Waals surface area (Å²) in [6, 6.07) is 2.91. The lowest BCUT2D eigenvalue weighted by atomic mass is 10.0. The number of ether oxygens (including phenoxy) is 1. The predicted octanol–water partition coefficient (Wildman–Crippen LogP) is 3.01. The first-order valence-corrected chi connectivity index (χ1v) is 5.17. The molecule has 3 nitrogen and oxygen atoms in total. The largest absolute Gasteiger partial charge is 0.495 e. The molecule has 1 aromatic carbocycles. The number of nitrogens with zero attached hydrogens (tertiary/aromatic N) is 1. The molecule has 0 heterocycles. The van der Waals surface area contributed by atoms with Gasteiger partial charge >= 0.3 is 6.18 Å². The molecule has 0 atom stereocenters. The Labute approximate surface area is 106 Å². The van der Waals surface area contributed by atoms with Crippen LogP contribution in [0.4, 0.5) is 13.2 Å². The van der Waals surface area contributed by atoms with Crippen molar-refractivity contribution in [1.82, 2.24) is 0 Å². The third-order valence-corrected chi connectivity index (χ3v) is 2.43. The Morgan fingerprint density at radius 3 is 2.50 bits per heavy atom. The highest BCUT2D eigenvalue weighted by Crippen LogP contribution is 2.35. The number of Topliss-reactive ketones (excluding diaryl/α,β-unsaturated/α-hetero) is 1. The molecule has 18 heavy (non-hydrogen) atoms. The molecule has 0 aliphatic carbocycles. The van der Waals surface area contributed by atoms with Crippen LogP contribution >= 0.6 is 11.6 Å². The Morgan fingerprint density at radius 2 is 2.11 bits per heavy atom. The third kappa shape index (κ3) is 2.74. The maximum Gasteiger partial charge on any atom is 0.416 e. The predicted molar refractivity (Wildman–Crippen MR) is 57.8 cm³/mol. The van der Waals surface area contributed by atoms with E-state index in [2.05, 4.69) is 4.74 Å². The molecule has 0 saturated carbocycles. The number of hydrogen-bond donors (Lipinski definition) is 0. The molecule has 96 valence electrons. The molecule has 0 saturated heterocycles. The first kappa shape index (κ1) is 14.3. The number of rotatable bonds is 3. The van der Waals surface area contributed by atoms with Gasteiger partial charge in [-0.05, 0) is 12.1 Å². The highest BCUT2D eigenvalue weighted by molar-refractivity contribution is 6.30. The summed E-state index contributed by atoms with van der Waals surface area (Å²) in [5, 5.41) is 8.86. The van der Waals surface area contributed by atoms with E-state index in [0.29, 0.717) is 12.1 Å². The molecule has 0 aliphatic heterocycles. The number of hydrogen-bond acceptors (Lipinski definition) is 3. The van der Waals surface area contributed by atoms with E-state index in [9.17, 15) is 18.0 Å². The summed E-state index contributed by atoms with van der Waals surface area (Å²) in [6.45, 7) is 0. The molecule has 0 amide bonds. The fourth-order valence-electron chi connectivity index (χ4n) is 1.35. The molecule has 0 fully saturated rings. The number of ketones is 1. The second-order valence-electron chi connectivity index (χ2n) is 3.27. The van der Waals surface area contributed by atoms with Crippen molar-refractivity contribution in [2.24, 2.45) is 0 Å². The van der Waals surface area contributed by atoms with E-state index in [0.717, 1.165) is 7.11 Å². The monoisotopic (exact) mass is 277 g/mol. The summed E-state index contributed by atoms with van der Waals surface area (Å²) in [5.41, 5.74) is -1.71. The lowest BCUT2D eigenvalue weighted by molar-refractivity contribution is -0.137. The molecule has 0 unspecified atom stereocenters. The van der Waals surface area contributed by atoms with E-state index in [1.807, 2.05) is 0 Å². The van der Waals surface area contributed by atoms with Gasteiger partial charge in [0.25, 0.3) is 0 Å². The molecule has 1 rings (SSSR count). The molecule has 0 aromatic heterocycles. The lowest BCUT2D eigenvalue weighted by Crippen LogP contribution is -2.11. The van der Waals surface area contributed by atoms with E-state index in [1.54, 1.807) is 6.07 Å². The minimum absolute atomic E-state index is 0.254. The van der Waals surface area contributed by atoms with Crippen LogP contribution in [-0.2, 0) is 6.18 Å². The van der Waals surface area contributed by atoms with Gasteiger partial charge in [-0.15, -0.1) is 11.6 Å². The average molecular weight is 278 g/mol. The van der Waals surface area contributed by atoms with Crippen LogP contribution in [-0.4, -0.2) is 18.8 Å². The molecule has 7 heteroatoms. The van der Waals surface area contributed by atoms with Crippen LogP contribution in [0.25, 0.3) is 0 Å². The number of nitriles is 1. The Hall–Kier alpha value is -1.74. The maximum atomic E-state index is 12.6. The highest BCUT2D eigenvalue weighted by atomic mass is 35.5. The SMILES string of the molecule is COc1cc(C(F)(F)F)cc(C(=O)CCl)c1C#N. The van der Waals surface area contributed by atoms with Crippen molar-refractivity contribution in [1.29, 1.82) is 5.26 Å². The van der Waals surface area contributed by atoms with Gasteiger partial charge in [-0.25, -0.2) is 0 Å². The van der Waals surface area contributed by atoms with Gasteiger partial charge in [0, 0.05) is 5.56 Å².